The molecule has 1 unspecified atom stereocenters. The largest absolute Gasteiger partial charge is 0.416 e. The number of halogens is 4. The van der Waals surface area contributed by atoms with Gasteiger partial charge in [0.25, 0.3) is 10.0 Å². The van der Waals surface area contributed by atoms with Gasteiger partial charge in [0.2, 0.25) is 0 Å². The van der Waals surface area contributed by atoms with E-state index in [-0.39, 0.29) is 10.8 Å². The van der Waals surface area contributed by atoms with E-state index >= 15 is 0 Å². The predicted molar refractivity (Wildman–Crippen MR) is 112 cm³/mol. The number of alkyl halides is 3. The van der Waals surface area contributed by atoms with Gasteiger partial charge in [0.1, 0.15) is 0 Å². The number of rotatable bonds is 4. The number of sulfonamides is 1. The zero-order valence-corrected chi connectivity index (χ0v) is 17.6. The Morgan fingerprint density at radius 3 is 2.06 bits per heavy atom. The summed E-state index contributed by atoms with van der Waals surface area (Å²) >= 11 is 6.01. The first kappa shape index (κ1) is 21.8. The molecule has 0 aromatic heterocycles. The van der Waals surface area contributed by atoms with Crippen molar-refractivity contribution in [2.45, 2.75) is 23.0 Å². The van der Waals surface area contributed by atoms with Crippen molar-refractivity contribution >= 4 is 21.6 Å². The quantitative estimate of drug-likeness (QED) is 0.560. The molecule has 1 N–H and O–H groups in total. The van der Waals surface area contributed by atoms with Crippen LogP contribution in [-0.2, 0) is 16.2 Å². The van der Waals surface area contributed by atoms with Gasteiger partial charge >= 0.3 is 6.18 Å². The molecule has 1 aliphatic heterocycles. The highest BCUT2D eigenvalue weighted by molar-refractivity contribution is 7.89. The average Bonchev–Trinajstić information content (AvgIpc) is 3.20. The highest BCUT2D eigenvalue weighted by Gasteiger charge is 2.43. The third kappa shape index (κ3) is 4.34. The highest BCUT2D eigenvalue weighted by Crippen LogP contribution is 2.42. The summed E-state index contributed by atoms with van der Waals surface area (Å²) in [6, 6.07) is 19.2. The molecule has 1 saturated heterocycles. The van der Waals surface area contributed by atoms with Crippen LogP contribution >= 0.6 is 11.6 Å². The molecule has 0 aliphatic carbocycles. The van der Waals surface area contributed by atoms with E-state index < -0.39 is 27.8 Å². The molecule has 1 fully saturated rings. The van der Waals surface area contributed by atoms with Gasteiger partial charge in [0, 0.05) is 17.5 Å². The highest BCUT2D eigenvalue weighted by atomic mass is 35.5. The van der Waals surface area contributed by atoms with Crippen LogP contribution < -0.4 is 5.43 Å². The summed E-state index contributed by atoms with van der Waals surface area (Å²) in [5.74, 6) is -0.202. The van der Waals surface area contributed by atoms with Crippen molar-refractivity contribution in [3.8, 4) is 0 Å². The number of benzene rings is 3. The second-order valence-corrected chi connectivity index (χ2v) is 9.45. The van der Waals surface area contributed by atoms with E-state index in [0.717, 1.165) is 39.8 Å². The molecule has 1 aliphatic rings. The fourth-order valence-corrected chi connectivity index (χ4v) is 5.40. The van der Waals surface area contributed by atoms with Crippen LogP contribution in [0.25, 0.3) is 0 Å². The van der Waals surface area contributed by atoms with E-state index in [4.69, 9.17) is 11.6 Å². The van der Waals surface area contributed by atoms with Gasteiger partial charge in [-0.15, -0.1) is 4.41 Å². The van der Waals surface area contributed by atoms with Gasteiger partial charge in [0.15, 0.2) is 0 Å². The SMILES string of the molecule is O=S(=O)(c1ccc(C(F)(F)F)cc1)N1NCC(c2ccccc2)[C@@H]1c1ccc(Cl)cc1. The molecule has 1 heterocycles. The van der Waals surface area contributed by atoms with E-state index in [2.05, 4.69) is 5.43 Å². The van der Waals surface area contributed by atoms with Crippen molar-refractivity contribution in [3.63, 3.8) is 0 Å². The number of nitrogens with zero attached hydrogens (tertiary/aromatic N) is 1. The van der Waals surface area contributed by atoms with Gasteiger partial charge in [-0.05, 0) is 47.5 Å². The fraction of sp³-hybridized carbons (Fsp3) is 0.182. The standard InChI is InChI=1S/C22H18ClF3N2O2S/c23-18-10-6-16(7-11-18)21-20(15-4-2-1-3-5-15)14-27-28(21)31(29,30)19-12-8-17(9-13-19)22(24,25)26/h1-13,20-21,27H,14H2/t20?,21-/m0/s1. The molecular weight excluding hydrogens is 449 g/mol. The first-order valence-corrected chi connectivity index (χ1v) is 11.3. The second-order valence-electron chi connectivity index (χ2n) is 7.20. The van der Waals surface area contributed by atoms with Crippen molar-refractivity contribution in [2.75, 3.05) is 6.54 Å². The maximum absolute atomic E-state index is 13.4. The third-order valence-electron chi connectivity index (χ3n) is 5.28. The Balaban J connectivity index is 1.75. The van der Waals surface area contributed by atoms with Crippen LogP contribution in [0.1, 0.15) is 28.7 Å². The maximum atomic E-state index is 13.4. The van der Waals surface area contributed by atoms with Crippen molar-refractivity contribution in [1.29, 1.82) is 0 Å². The van der Waals surface area contributed by atoms with Gasteiger partial charge in [-0.3, -0.25) is 0 Å². The van der Waals surface area contributed by atoms with Crippen molar-refractivity contribution in [2.24, 2.45) is 0 Å². The number of hydrogen-bond donors (Lipinski definition) is 1. The number of nitrogens with one attached hydrogen (secondary N) is 1. The van der Waals surface area contributed by atoms with Crippen molar-refractivity contribution in [1.82, 2.24) is 9.84 Å². The first-order valence-electron chi connectivity index (χ1n) is 9.43. The molecule has 0 radical (unpaired) electrons. The van der Waals surface area contributed by atoms with Crippen molar-refractivity contribution in [3.05, 3.63) is 101 Å². The van der Waals surface area contributed by atoms with E-state index in [0.29, 0.717) is 11.6 Å². The lowest BCUT2D eigenvalue weighted by atomic mass is 9.89. The van der Waals surface area contributed by atoms with E-state index in [1.165, 1.54) is 0 Å². The van der Waals surface area contributed by atoms with Gasteiger partial charge in [-0.2, -0.15) is 13.2 Å². The molecule has 31 heavy (non-hydrogen) atoms. The molecular formula is C22H18ClF3N2O2S. The Morgan fingerprint density at radius 1 is 0.871 bits per heavy atom. The smallest absolute Gasteiger partial charge is 0.240 e. The molecule has 9 heteroatoms. The van der Waals surface area contributed by atoms with Gasteiger partial charge in [-0.25, -0.2) is 13.8 Å². The normalized spacial score (nSPS) is 20.1. The zero-order valence-electron chi connectivity index (χ0n) is 16.1. The van der Waals surface area contributed by atoms with Crippen LogP contribution in [0.4, 0.5) is 13.2 Å². The van der Waals surface area contributed by atoms with Gasteiger partial charge in [0.05, 0.1) is 16.5 Å². The minimum atomic E-state index is -4.54. The molecule has 2 atom stereocenters. The van der Waals surface area contributed by atoms with Crippen LogP contribution in [0.3, 0.4) is 0 Å². The molecule has 0 bridgehead atoms. The maximum Gasteiger partial charge on any atom is 0.416 e. The van der Waals surface area contributed by atoms with Gasteiger partial charge in [-0.1, -0.05) is 54.1 Å². The van der Waals surface area contributed by atoms with E-state index in [9.17, 15) is 21.6 Å². The summed E-state index contributed by atoms with van der Waals surface area (Å²) in [5.41, 5.74) is 3.70. The minimum absolute atomic E-state index is 0.202. The summed E-state index contributed by atoms with van der Waals surface area (Å²) in [6.07, 6.45) is -4.54. The lowest BCUT2D eigenvalue weighted by molar-refractivity contribution is -0.137. The minimum Gasteiger partial charge on any atom is -0.240 e. The van der Waals surface area contributed by atoms with Gasteiger partial charge < -0.3 is 0 Å². The zero-order chi connectivity index (χ0) is 22.2. The Labute approximate surface area is 183 Å². The van der Waals surface area contributed by atoms with E-state index in [1.54, 1.807) is 24.3 Å². The fourth-order valence-electron chi connectivity index (χ4n) is 3.75. The lowest BCUT2D eigenvalue weighted by Crippen LogP contribution is -2.38. The summed E-state index contributed by atoms with van der Waals surface area (Å²) in [7, 11) is -4.13. The van der Waals surface area contributed by atoms with Crippen LogP contribution in [0.15, 0.2) is 83.8 Å². The Kier molecular flexibility index (Phi) is 5.83. The van der Waals surface area contributed by atoms with Crippen LogP contribution in [0, 0.1) is 0 Å². The molecule has 4 nitrogen and oxygen atoms in total. The van der Waals surface area contributed by atoms with E-state index in [1.807, 2.05) is 30.3 Å². The molecule has 0 amide bonds. The Hall–Kier alpha value is -2.39. The van der Waals surface area contributed by atoms with Crippen LogP contribution in [0.2, 0.25) is 5.02 Å². The lowest BCUT2D eigenvalue weighted by Gasteiger charge is -2.27. The topological polar surface area (TPSA) is 49.4 Å². The molecule has 0 saturated carbocycles. The third-order valence-corrected chi connectivity index (χ3v) is 7.27. The summed E-state index contributed by atoms with van der Waals surface area (Å²) in [6.45, 7) is 0.344. The second kappa shape index (κ2) is 8.27. The molecule has 0 spiro atoms. The molecule has 4 rings (SSSR count). The molecule has 3 aromatic carbocycles. The predicted octanol–water partition coefficient (Wildman–Crippen LogP) is 5.39. The van der Waals surface area contributed by atoms with Crippen LogP contribution in [-0.4, -0.2) is 19.4 Å². The monoisotopic (exact) mass is 466 g/mol. The summed E-state index contributed by atoms with van der Waals surface area (Å²) < 4.78 is 66.6. The molecule has 162 valence electrons. The number of hydrogen-bond acceptors (Lipinski definition) is 3. The van der Waals surface area contributed by atoms with Crippen molar-refractivity contribution < 1.29 is 21.6 Å². The Bertz CT molecular complexity index is 1150. The summed E-state index contributed by atoms with van der Waals surface area (Å²) in [5, 5.41) is 0.517. The molecule has 3 aromatic rings. The summed E-state index contributed by atoms with van der Waals surface area (Å²) in [4.78, 5) is -0.222. The number of hydrazine groups is 1. The average molecular weight is 467 g/mol. The van der Waals surface area contributed by atoms with Crippen LogP contribution in [0.5, 0.6) is 0 Å². The first-order chi connectivity index (χ1) is 14.7. The Morgan fingerprint density at radius 2 is 1.48 bits per heavy atom.